The SMILES string of the molecule is CC(C)N(Cc1ccccc1)C(=O)CN1CCNC[C@@H]1C.Cl. The maximum Gasteiger partial charge on any atom is 0.237 e. The molecule has 1 atom stereocenters. The van der Waals surface area contributed by atoms with Gasteiger partial charge in [0.2, 0.25) is 5.91 Å². The molecule has 0 saturated carbocycles. The van der Waals surface area contributed by atoms with Crippen LogP contribution in [0.15, 0.2) is 30.3 Å². The van der Waals surface area contributed by atoms with Crippen LogP contribution in [0.3, 0.4) is 0 Å². The third-order valence-corrected chi connectivity index (χ3v) is 4.12. The molecule has 1 aromatic carbocycles. The number of amides is 1. The van der Waals surface area contributed by atoms with E-state index < -0.39 is 0 Å². The highest BCUT2D eigenvalue weighted by molar-refractivity contribution is 5.85. The quantitative estimate of drug-likeness (QED) is 0.901. The summed E-state index contributed by atoms with van der Waals surface area (Å²) in [5, 5.41) is 3.36. The summed E-state index contributed by atoms with van der Waals surface area (Å²) < 4.78 is 0. The molecule has 1 heterocycles. The first-order chi connectivity index (χ1) is 10.1. The van der Waals surface area contributed by atoms with Gasteiger partial charge in [-0.05, 0) is 26.3 Å². The minimum atomic E-state index is 0. The molecule has 1 aliphatic rings. The Labute approximate surface area is 140 Å². The second-order valence-corrected chi connectivity index (χ2v) is 6.12. The Balaban J connectivity index is 0.00000242. The maximum atomic E-state index is 12.7. The van der Waals surface area contributed by atoms with E-state index in [1.165, 1.54) is 5.56 Å². The van der Waals surface area contributed by atoms with Crippen LogP contribution in [-0.2, 0) is 11.3 Å². The molecular weight excluding hydrogens is 298 g/mol. The van der Waals surface area contributed by atoms with E-state index in [9.17, 15) is 4.79 Å². The molecule has 1 saturated heterocycles. The minimum Gasteiger partial charge on any atom is -0.335 e. The summed E-state index contributed by atoms with van der Waals surface area (Å²) in [6, 6.07) is 10.9. The van der Waals surface area contributed by atoms with Crippen molar-refractivity contribution in [1.82, 2.24) is 15.1 Å². The zero-order valence-electron chi connectivity index (χ0n) is 13.8. The van der Waals surface area contributed by atoms with Crippen LogP contribution in [0.5, 0.6) is 0 Å². The molecular formula is C17H28ClN3O. The van der Waals surface area contributed by atoms with E-state index in [2.05, 4.69) is 43.1 Å². The molecule has 22 heavy (non-hydrogen) atoms. The predicted octanol–water partition coefficient (Wildman–Crippen LogP) is 2.14. The molecule has 0 bridgehead atoms. The lowest BCUT2D eigenvalue weighted by Gasteiger charge is -2.36. The van der Waals surface area contributed by atoms with E-state index >= 15 is 0 Å². The van der Waals surface area contributed by atoms with Crippen LogP contribution in [0.25, 0.3) is 0 Å². The number of benzene rings is 1. The summed E-state index contributed by atoms with van der Waals surface area (Å²) >= 11 is 0. The first kappa shape index (κ1) is 18.9. The Morgan fingerprint density at radius 3 is 2.64 bits per heavy atom. The van der Waals surface area contributed by atoms with E-state index in [0.717, 1.165) is 19.6 Å². The van der Waals surface area contributed by atoms with Crippen molar-refractivity contribution in [2.75, 3.05) is 26.2 Å². The fraction of sp³-hybridized carbons (Fsp3) is 0.588. The Morgan fingerprint density at radius 1 is 1.36 bits per heavy atom. The lowest BCUT2D eigenvalue weighted by atomic mass is 10.1. The Bertz CT molecular complexity index is 452. The third-order valence-electron chi connectivity index (χ3n) is 4.12. The molecule has 0 spiro atoms. The largest absolute Gasteiger partial charge is 0.335 e. The van der Waals surface area contributed by atoms with Crippen LogP contribution in [0.4, 0.5) is 0 Å². The lowest BCUT2D eigenvalue weighted by molar-refractivity contribution is -0.135. The summed E-state index contributed by atoms with van der Waals surface area (Å²) in [6.45, 7) is 10.4. The molecule has 2 rings (SSSR count). The van der Waals surface area contributed by atoms with Crippen LogP contribution >= 0.6 is 12.4 Å². The zero-order chi connectivity index (χ0) is 15.2. The first-order valence-corrected chi connectivity index (χ1v) is 7.86. The van der Waals surface area contributed by atoms with Crippen LogP contribution in [0.2, 0.25) is 0 Å². The summed E-state index contributed by atoms with van der Waals surface area (Å²) in [5.74, 6) is 0.225. The van der Waals surface area contributed by atoms with Gasteiger partial charge in [0.1, 0.15) is 0 Å². The van der Waals surface area contributed by atoms with Gasteiger partial charge < -0.3 is 10.2 Å². The Morgan fingerprint density at radius 2 is 2.05 bits per heavy atom. The minimum absolute atomic E-state index is 0. The fourth-order valence-corrected chi connectivity index (χ4v) is 2.72. The Hall–Kier alpha value is -1.10. The molecule has 1 N–H and O–H groups in total. The van der Waals surface area contributed by atoms with E-state index in [4.69, 9.17) is 0 Å². The standard InChI is InChI=1S/C17H27N3O.ClH/c1-14(2)20(12-16-7-5-4-6-8-16)17(21)13-19-10-9-18-11-15(19)3;/h4-8,14-15,18H,9-13H2,1-3H3;1H/t15-;/m0./s1. The van der Waals surface area contributed by atoms with E-state index in [1.54, 1.807) is 0 Å². The van der Waals surface area contributed by atoms with Gasteiger partial charge in [-0.2, -0.15) is 0 Å². The molecule has 0 aromatic heterocycles. The summed E-state index contributed by atoms with van der Waals surface area (Å²) in [7, 11) is 0. The average Bonchev–Trinajstić information content (AvgIpc) is 2.48. The van der Waals surface area contributed by atoms with E-state index in [0.29, 0.717) is 19.1 Å². The van der Waals surface area contributed by atoms with Crippen molar-refractivity contribution in [3.8, 4) is 0 Å². The first-order valence-electron chi connectivity index (χ1n) is 7.86. The van der Waals surface area contributed by atoms with Gasteiger partial charge in [0.05, 0.1) is 6.54 Å². The second-order valence-electron chi connectivity index (χ2n) is 6.12. The number of hydrogen-bond acceptors (Lipinski definition) is 3. The number of carbonyl (C=O) groups excluding carboxylic acids is 1. The van der Waals surface area contributed by atoms with Crippen molar-refractivity contribution in [1.29, 1.82) is 0 Å². The van der Waals surface area contributed by atoms with Gasteiger partial charge in [-0.3, -0.25) is 9.69 Å². The number of hydrogen-bond donors (Lipinski definition) is 1. The van der Waals surface area contributed by atoms with Gasteiger partial charge in [-0.25, -0.2) is 0 Å². The van der Waals surface area contributed by atoms with Gasteiger partial charge in [-0.1, -0.05) is 30.3 Å². The molecule has 4 nitrogen and oxygen atoms in total. The lowest BCUT2D eigenvalue weighted by Crippen LogP contribution is -2.53. The van der Waals surface area contributed by atoms with Gasteiger partial charge in [0.15, 0.2) is 0 Å². The molecule has 5 heteroatoms. The molecule has 0 radical (unpaired) electrons. The van der Waals surface area contributed by atoms with E-state index in [-0.39, 0.29) is 24.4 Å². The fourth-order valence-electron chi connectivity index (χ4n) is 2.72. The number of halogens is 1. The molecule has 1 amide bonds. The van der Waals surface area contributed by atoms with Crippen LogP contribution < -0.4 is 5.32 Å². The number of rotatable bonds is 5. The van der Waals surface area contributed by atoms with Crippen molar-refractivity contribution in [3.63, 3.8) is 0 Å². The summed E-state index contributed by atoms with van der Waals surface area (Å²) in [5.41, 5.74) is 1.19. The third kappa shape index (κ3) is 5.27. The number of nitrogens with zero attached hydrogens (tertiary/aromatic N) is 2. The number of piperazine rings is 1. The average molecular weight is 326 g/mol. The van der Waals surface area contributed by atoms with Crippen molar-refractivity contribution < 1.29 is 4.79 Å². The van der Waals surface area contributed by atoms with Gasteiger partial charge in [0, 0.05) is 38.3 Å². The van der Waals surface area contributed by atoms with Crippen LogP contribution in [0, 0.1) is 0 Å². The zero-order valence-corrected chi connectivity index (χ0v) is 14.6. The Kier molecular flexibility index (Phi) is 7.87. The highest BCUT2D eigenvalue weighted by Crippen LogP contribution is 2.11. The van der Waals surface area contributed by atoms with E-state index in [1.807, 2.05) is 23.1 Å². The molecule has 124 valence electrons. The van der Waals surface area contributed by atoms with Crippen molar-refractivity contribution in [2.45, 2.75) is 39.4 Å². The molecule has 1 fully saturated rings. The van der Waals surface area contributed by atoms with Gasteiger partial charge in [-0.15, -0.1) is 12.4 Å². The highest BCUT2D eigenvalue weighted by atomic mass is 35.5. The van der Waals surface area contributed by atoms with Crippen LogP contribution in [-0.4, -0.2) is 54.0 Å². The summed E-state index contributed by atoms with van der Waals surface area (Å²) in [4.78, 5) is 16.9. The smallest absolute Gasteiger partial charge is 0.237 e. The second kappa shape index (κ2) is 9.13. The van der Waals surface area contributed by atoms with Gasteiger partial charge >= 0.3 is 0 Å². The normalized spacial score (nSPS) is 18.8. The number of carbonyl (C=O) groups is 1. The number of nitrogens with one attached hydrogen (secondary N) is 1. The summed E-state index contributed by atoms with van der Waals surface area (Å²) in [6.07, 6.45) is 0. The molecule has 0 aliphatic carbocycles. The predicted molar refractivity (Wildman–Crippen MR) is 93.3 cm³/mol. The van der Waals surface area contributed by atoms with Crippen LogP contribution in [0.1, 0.15) is 26.3 Å². The van der Waals surface area contributed by atoms with Crippen molar-refractivity contribution >= 4 is 18.3 Å². The molecule has 1 aliphatic heterocycles. The molecule has 1 aromatic rings. The van der Waals surface area contributed by atoms with Crippen molar-refractivity contribution in [2.24, 2.45) is 0 Å². The van der Waals surface area contributed by atoms with Crippen molar-refractivity contribution in [3.05, 3.63) is 35.9 Å². The van der Waals surface area contributed by atoms with Gasteiger partial charge in [0.25, 0.3) is 0 Å². The topological polar surface area (TPSA) is 35.6 Å². The highest BCUT2D eigenvalue weighted by Gasteiger charge is 2.24. The monoisotopic (exact) mass is 325 g/mol. The molecule has 0 unspecified atom stereocenters. The maximum absolute atomic E-state index is 12.7.